The number of nitrogens with zero attached hydrogens (tertiary/aromatic N) is 3. The maximum Gasteiger partial charge on any atom is 0.231 e. The molecule has 3 heterocycles. The van der Waals surface area contributed by atoms with Crippen molar-refractivity contribution in [2.45, 2.75) is 37.4 Å². The highest BCUT2D eigenvalue weighted by molar-refractivity contribution is 7.99. The van der Waals surface area contributed by atoms with E-state index in [-0.39, 0.29) is 12.2 Å². The van der Waals surface area contributed by atoms with E-state index in [2.05, 4.69) is 41.0 Å². The van der Waals surface area contributed by atoms with Crippen molar-refractivity contribution in [3.8, 4) is 11.5 Å². The number of anilines is 2. The van der Waals surface area contributed by atoms with Crippen LogP contribution in [0.3, 0.4) is 0 Å². The molecule has 0 fully saturated rings. The van der Waals surface area contributed by atoms with Gasteiger partial charge in [-0.2, -0.15) is 0 Å². The Hall–Kier alpha value is -2.65. The minimum absolute atomic E-state index is 0.233. The van der Waals surface area contributed by atoms with Crippen molar-refractivity contribution in [2.75, 3.05) is 38.0 Å². The average molecular weight is 429 g/mol. The second-order valence-electron chi connectivity index (χ2n) is 8.40. The highest BCUT2D eigenvalue weighted by Crippen LogP contribution is 2.43. The molecule has 8 nitrogen and oxygen atoms in total. The Balaban J connectivity index is 1.66. The van der Waals surface area contributed by atoms with E-state index in [1.54, 1.807) is 18.0 Å². The van der Waals surface area contributed by atoms with Gasteiger partial charge >= 0.3 is 0 Å². The summed E-state index contributed by atoms with van der Waals surface area (Å²) in [7, 11) is 1.89. The maximum atomic E-state index is 6.11. The lowest BCUT2D eigenvalue weighted by atomic mass is 9.97. The highest BCUT2D eigenvalue weighted by atomic mass is 32.2. The fourth-order valence-corrected chi connectivity index (χ4v) is 4.37. The zero-order chi connectivity index (χ0) is 21.3. The van der Waals surface area contributed by atoms with Crippen LogP contribution in [0.25, 0.3) is 11.0 Å². The third-order valence-corrected chi connectivity index (χ3v) is 5.83. The van der Waals surface area contributed by atoms with Crippen molar-refractivity contribution < 1.29 is 9.47 Å². The smallest absolute Gasteiger partial charge is 0.231 e. The predicted octanol–water partition coefficient (Wildman–Crippen LogP) is 3.57. The summed E-state index contributed by atoms with van der Waals surface area (Å²) >= 11 is 1.57. The second-order valence-corrected chi connectivity index (χ2v) is 9.41. The summed E-state index contributed by atoms with van der Waals surface area (Å²) in [5.41, 5.74) is 9.01. The number of aromatic nitrogens is 3. The van der Waals surface area contributed by atoms with Crippen LogP contribution in [0.1, 0.15) is 20.8 Å². The molecule has 0 atom stereocenters. The Bertz CT molecular complexity index is 1060. The lowest BCUT2D eigenvalue weighted by Crippen LogP contribution is -2.29. The van der Waals surface area contributed by atoms with Gasteiger partial charge in [-0.3, -0.25) is 0 Å². The lowest BCUT2D eigenvalue weighted by Gasteiger charge is -2.19. The summed E-state index contributed by atoms with van der Waals surface area (Å²) in [6.45, 7) is 9.46. The first kappa shape index (κ1) is 20.6. The summed E-state index contributed by atoms with van der Waals surface area (Å²) in [6, 6.07) is 5.91. The normalized spacial score (nSPS) is 13.2. The number of imidazole rings is 1. The summed E-state index contributed by atoms with van der Waals surface area (Å²) in [4.78, 5) is 10.0. The molecular weight excluding hydrogens is 400 g/mol. The molecule has 9 heteroatoms. The summed E-state index contributed by atoms with van der Waals surface area (Å²) in [5, 5.41) is 7.63. The van der Waals surface area contributed by atoms with Crippen molar-refractivity contribution in [3.63, 3.8) is 0 Å². The largest absolute Gasteiger partial charge is 0.454 e. The molecule has 0 amide bonds. The lowest BCUT2D eigenvalue weighted by molar-refractivity contribution is 0.174. The number of nitrogens with two attached hydrogens (primary N) is 1. The summed E-state index contributed by atoms with van der Waals surface area (Å²) in [6.07, 6.45) is 1.73. The van der Waals surface area contributed by atoms with Crippen molar-refractivity contribution in [1.82, 2.24) is 19.9 Å². The third-order valence-electron chi connectivity index (χ3n) is 4.77. The number of nitrogen functional groups attached to an aromatic ring is 1. The molecule has 1 aromatic carbocycles. The van der Waals surface area contributed by atoms with E-state index in [1.165, 1.54) is 0 Å². The van der Waals surface area contributed by atoms with Gasteiger partial charge in [0.15, 0.2) is 22.5 Å². The monoisotopic (exact) mass is 428 g/mol. The summed E-state index contributed by atoms with van der Waals surface area (Å²) < 4.78 is 13.3. The number of hydrogen-bond donors (Lipinski definition) is 3. The fourth-order valence-electron chi connectivity index (χ4n) is 3.30. The molecule has 1 aliphatic heterocycles. The molecule has 3 aromatic rings. The van der Waals surface area contributed by atoms with Gasteiger partial charge in [0.1, 0.15) is 5.52 Å². The molecule has 4 rings (SSSR count). The molecular formula is C21H28N6O2S. The number of fused-ring (bicyclic) bond motifs is 2. The molecule has 0 saturated carbocycles. The molecule has 0 saturated heterocycles. The Morgan fingerprint density at radius 2 is 2.00 bits per heavy atom. The molecule has 0 aliphatic carbocycles. The fraction of sp³-hybridized carbons (Fsp3) is 0.429. The first-order valence-corrected chi connectivity index (χ1v) is 10.8. The first-order chi connectivity index (χ1) is 14.4. The van der Waals surface area contributed by atoms with Crippen LogP contribution in [0, 0.1) is 5.41 Å². The van der Waals surface area contributed by atoms with E-state index in [0.717, 1.165) is 57.9 Å². The molecule has 4 N–H and O–H groups in total. The second kappa shape index (κ2) is 8.23. The van der Waals surface area contributed by atoms with Gasteiger partial charge in [-0.15, -0.1) is 0 Å². The van der Waals surface area contributed by atoms with Gasteiger partial charge in [-0.05, 0) is 23.2 Å². The molecule has 2 aromatic heterocycles. The van der Waals surface area contributed by atoms with Crippen LogP contribution in [0.4, 0.5) is 11.5 Å². The van der Waals surface area contributed by atoms with Crippen LogP contribution in [-0.2, 0) is 6.54 Å². The molecule has 1 aliphatic rings. The van der Waals surface area contributed by atoms with Crippen molar-refractivity contribution in [3.05, 3.63) is 24.4 Å². The van der Waals surface area contributed by atoms with Gasteiger partial charge in [0.25, 0.3) is 0 Å². The molecule has 0 radical (unpaired) electrons. The van der Waals surface area contributed by atoms with E-state index in [1.807, 2.05) is 25.2 Å². The van der Waals surface area contributed by atoms with Gasteiger partial charge in [0.05, 0.1) is 11.2 Å². The molecule has 0 spiro atoms. The Kier molecular flexibility index (Phi) is 5.66. The van der Waals surface area contributed by atoms with Gasteiger partial charge in [0.2, 0.25) is 6.79 Å². The van der Waals surface area contributed by atoms with Crippen LogP contribution in [0.15, 0.2) is 34.4 Å². The van der Waals surface area contributed by atoms with E-state index in [9.17, 15) is 0 Å². The van der Waals surface area contributed by atoms with Crippen LogP contribution in [0.2, 0.25) is 0 Å². The van der Waals surface area contributed by atoms with E-state index in [0.29, 0.717) is 5.82 Å². The predicted molar refractivity (Wildman–Crippen MR) is 120 cm³/mol. The third kappa shape index (κ3) is 4.27. The number of hydrogen-bond acceptors (Lipinski definition) is 8. The number of nitrogens with one attached hydrogen (secondary N) is 2. The number of rotatable bonds is 7. The van der Waals surface area contributed by atoms with Gasteiger partial charge in [-0.25, -0.2) is 9.97 Å². The number of ether oxygens (including phenoxy) is 2. The molecule has 30 heavy (non-hydrogen) atoms. The number of pyridine rings is 1. The van der Waals surface area contributed by atoms with Crippen LogP contribution >= 0.6 is 11.8 Å². The van der Waals surface area contributed by atoms with Crippen LogP contribution in [0.5, 0.6) is 11.5 Å². The zero-order valence-corrected chi connectivity index (χ0v) is 18.6. The van der Waals surface area contributed by atoms with E-state index < -0.39 is 0 Å². The van der Waals surface area contributed by atoms with Crippen LogP contribution in [-0.4, -0.2) is 41.5 Å². The van der Waals surface area contributed by atoms with Crippen molar-refractivity contribution in [1.29, 1.82) is 0 Å². The topological polar surface area (TPSA) is 99.2 Å². The number of benzene rings is 1. The van der Waals surface area contributed by atoms with Gasteiger partial charge in [0, 0.05) is 49.9 Å². The molecule has 0 bridgehead atoms. The quantitative estimate of drug-likeness (QED) is 0.491. The Labute approximate surface area is 180 Å². The Morgan fingerprint density at radius 3 is 2.73 bits per heavy atom. The average Bonchev–Trinajstić information content (AvgIpc) is 3.29. The molecule has 0 unspecified atom stereocenters. The minimum Gasteiger partial charge on any atom is -0.454 e. The maximum absolute atomic E-state index is 6.11. The van der Waals surface area contributed by atoms with Crippen LogP contribution < -0.4 is 25.8 Å². The Morgan fingerprint density at radius 1 is 1.23 bits per heavy atom. The SMILES string of the molecule is CNc1cc2c(cc1Sc1nc3c(N)nccc3n1CCNCC(C)(C)C)OCO2. The summed E-state index contributed by atoms with van der Waals surface area (Å²) in [5.74, 6) is 1.93. The minimum atomic E-state index is 0.233. The highest BCUT2D eigenvalue weighted by Gasteiger charge is 2.20. The van der Waals surface area contributed by atoms with E-state index in [4.69, 9.17) is 20.2 Å². The van der Waals surface area contributed by atoms with Gasteiger partial charge < -0.3 is 30.4 Å². The van der Waals surface area contributed by atoms with Crippen molar-refractivity contribution in [2.24, 2.45) is 5.41 Å². The van der Waals surface area contributed by atoms with Gasteiger partial charge in [-0.1, -0.05) is 20.8 Å². The van der Waals surface area contributed by atoms with Crippen molar-refractivity contribution >= 4 is 34.3 Å². The zero-order valence-electron chi connectivity index (χ0n) is 17.8. The standard InChI is InChI=1S/C21H28N6O2S/c1-21(2,3)11-24-7-8-27-14-5-6-25-19(22)18(14)26-20(27)30-17-10-16-15(28-12-29-16)9-13(17)23-4/h5-6,9-10,23-24H,7-8,11-12H2,1-4H3,(H2,22,25). The van der Waals surface area contributed by atoms with E-state index >= 15 is 0 Å². The first-order valence-electron chi connectivity index (χ1n) is 9.96. The molecule has 160 valence electrons.